The Balaban J connectivity index is 2.34. The third-order valence-electron chi connectivity index (χ3n) is 4.87. The molecule has 28 heavy (non-hydrogen) atoms. The molecule has 0 fully saturated rings. The molecule has 0 aromatic heterocycles. The van der Waals surface area contributed by atoms with E-state index >= 15 is 0 Å². The van der Waals surface area contributed by atoms with Crippen molar-refractivity contribution in [2.45, 2.75) is 52.6 Å². The highest BCUT2D eigenvalue weighted by Crippen LogP contribution is 2.25. The van der Waals surface area contributed by atoms with Crippen LogP contribution >= 0.6 is 0 Å². The summed E-state index contributed by atoms with van der Waals surface area (Å²) in [5.74, 6) is -0.288. The molecule has 152 valence electrons. The van der Waals surface area contributed by atoms with E-state index in [1.807, 2.05) is 45.9 Å². The number of nitrogens with zero attached hydrogens (tertiary/aromatic N) is 1. The Labute approximate surface area is 168 Å². The Hall–Kier alpha value is -2.34. The summed E-state index contributed by atoms with van der Waals surface area (Å²) in [7, 11) is -3.62. The summed E-state index contributed by atoms with van der Waals surface area (Å²) in [6, 6.07) is 13.9. The molecule has 0 radical (unpaired) electrons. The standard InChI is InChI=1S/C22H30N2O3S/c1-6-20(19-14-13-16(3)15-17(19)4)23-22(25)21(7-2)24(28(5,26)27)18-11-9-8-10-12-18/h8-15,20-21H,6-7H2,1-5H3,(H,23,25)/t20-,21+/m0/s1. The molecule has 1 amide bonds. The van der Waals surface area contributed by atoms with E-state index in [0.717, 1.165) is 23.8 Å². The average molecular weight is 403 g/mol. The van der Waals surface area contributed by atoms with Crippen LogP contribution in [0.3, 0.4) is 0 Å². The van der Waals surface area contributed by atoms with Gasteiger partial charge in [-0.1, -0.05) is 55.8 Å². The fourth-order valence-corrected chi connectivity index (χ4v) is 4.73. The number of carbonyl (C=O) groups is 1. The SMILES string of the molecule is CC[C@H](NC(=O)[C@@H](CC)N(c1ccccc1)S(C)(=O)=O)c1ccc(C)cc1C. The van der Waals surface area contributed by atoms with Gasteiger partial charge in [-0.25, -0.2) is 8.42 Å². The maximum absolute atomic E-state index is 13.1. The molecule has 0 aliphatic rings. The first-order chi connectivity index (χ1) is 13.2. The largest absolute Gasteiger partial charge is 0.347 e. The zero-order valence-corrected chi connectivity index (χ0v) is 18.1. The number of carbonyl (C=O) groups excluding carboxylic acids is 1. The van der Waals surface area contributed by atoms with Gasteiger partial charge in [0.05, 0.1) is 18.0 Å². The summed E-state index contributed by atoms with van der Waals surface area (Å²) in [4.78, 5) is 13.1. The molecule has 2 atom stereocenters. The molecule has 5 nitrogen and oxygen atoms in total. The maximum Gasteiger partial charge on any atom is 0.244 e. The predicted molar refractivity (Wildman–Crippen MR) is 115 cm³/mol. The summed E-state index contributed by atoms with van der Waals surface area (Å²) < 4.78 is 26.2. The van der Waals surface area contributed by atoms with Crippen LogP contribution in [0.15, 0.2) is 48.5 Å². The van der Waals surface area contributed by atoms with Crippen LogP contribution in [0.2, 0.25) is 0 Å². The second-order valence-corrected chi connectivity index (χ2v) is 9.01. The smallest absolute Gasteiger partial charge is 0.244 e. The maximum atomic E-state index is 13.1. The van der Waals surface area contributed by atoms with Crippen molar-refractivity contribution in [3.63, 3.8) is 0 Å². The van der Waals surface area contributed by atoms with E-state index in [9.17, 15) is 13.2 Å². The lowest BCUT2D eigenvalue weighted by atomic mass is 9.97. The number of sulfonamides is 1. The number of hydrogen-bond donors (Lipinski definition) is 1. The Morgan fingerprint density at radius 2 is 1.68 bits per heavy atom. The topological polar surface area (TPSA) is 66.5 Å². The van der Waals surface area contributed by atoms with Crippen molar-refractivity contribution in [1.82, 2.24) is 5.32 Å². The predicted octanol–water partition coefficient (Wildman–Crippen LogP) is 4.12. The van der Waals surface area contributed by atoms with Crippen LogP contribution in [-0.2, 0) is 14.8 Å². The van der Waals surface area contributed by atoms with Gasteiger partial charge >= 0.3 is 0 Å². The minimum Gasteiger partial charge on any atom is -0.347 e. The van der Waals surface area contributed by atoms with E-state index in [1.165, 1.54) is 9.87 Å². The average Bonchev–Trinajstić information content (AvgIpc) is 2.64. The summed E-state index contributed by atoms with van der Waals surface area (Å²) in [6.45, 7) is 7.90. The van der Waals surface area contributed by atoms with Crippen LogP contribution < -0.4 is 9.62 Å². The number of benzene rings is 2. The van der Waals surface area contributed by atoms with Crippen molar-refractivity contribution in [2.24, 2.45) is 0 Å². The lowest BCUT2D eigenvalue weighted by molar-refractivity contribution is -0.123. The fourth-order valence-electron chi connectivity index (χ4n) is 3.52. The molecule has 0 heterocycles. The van der Waals surface area contributed by atoms with E-state index in [-0.39, 0.29) is 11.9 Å². The highest BCUT2D eigenvalue weighted by atomic mass is 32.2. The van der Waals surface area contributed by atoms with Gasteiger partial charge in [-0.05, 0) is 49.9 Å². The third-order valence-corrected chi connectivity index (χ3v) is 6.05. The number of amides is 1. The van der Waals surface area contributed by atoms with Crippen LogP contribution in [0, 0.1) is 13.8 Å². The van der Waals surface area contributed by atoms with Gasteiger partial charge in [0.1, 0.15) is 6.04 Å². The zero-order chi connectivity index (χ0) is 20.9. The number of para-hydroxylation sites is 1. The lowest BCUT2D eigenvalue weighted by Gasteiger charge is -2.31. The summed E-state index contributed by atoms with van der Waals surface area (Å²) in [6.07, 6.45) is 2.23. The second-order valence-electron chi connectivity index (χ2n) is 7.15. The van der Waals surface area contributed by atoms with Crippen molar-refractivity contribution in [3.8, 4) is 0 Å². The van der Waals surface area contributed by atoms with Gasteiger partial charge in [-0.15, -0.1) is 0 Å². The molecule has 0 aliphatic heterocycles. The first-order valence-electron chi connectivity index (χ1n) is 9.61. The molecule has 0 spiro atoms. The Morgan fingerprint density at radius 1 is 1.04 bits per heavy atom. The summed E-state index contributed by atoms with van der Waals surface area (Å²) in [5, 5.41) is 3.07. The highest BCUT2D eigenvalue weighted by Gasteiger charge is 2.32. The van der Waals surface area contributed by atoms with Crippen LogP contribution in [0.25, 0.3) is 0 Å². The quantitative estimate of drug-likeness (QED) is 0.722. The van der Waals surface area contributed by atoms with Crippen molar-refractivity contribution >= 4 is 21.6 Å². The summed E-state index contributed by atoms with van der Waals surface area (Å²) >= 11 is 0. The molecule has 2 aromatic carbocycles. The second kappa shape index (κ2) is 9.24. The number of rotatable bonds is 8. The lowest BCUT2D eigenvalue weighted by Crippen LogP contribution is -2.50. The molecule has 0 aliphatic carbocycles. The number of aryl methyl sites for hydroxylation is 2. The Bertz CT molecular complexity index is 911. The first-order valence-corrected chi connectivity index (χ1v) is 11.5. The number of hydrogen-bond acceptors (Lipinski definition) is 3. The van der Waals surface area contributed by atoms with Crippen molar-refractivity contribution in [2.75, 3.05) is 10.6 Å². The molecule has 2 aromatic rings. The van der Waals surface area contributed by atoms with Gasteiger partial charge in [0, 0.05) is 0 Å². The molecule has 0 bridgehead atoms. The van der Waals surface area contributed by atoms with Crippen LogP contribution in [-0.4, -0.2) is 26.6 Å². The Morgan fingerprint density at radius 3 is 2.18 bits per heavy atom. The van der Waals surface area contributed by atoms with E-state index in [2.05, 4.69) is 11.4 Å². The van der Waals surface area contributed by atoms with Gasteiger partial charge in [0.25, 0.3) is 0 Å². The molecule has 1 N–H and O–H groups in total. The van der Waals surface area contributed by atoms with E-state index in [1.54, 1.807) is 24.3 Å². The fraction of sp³-hybridized carbons (Fsp3) is 0.409. The van der Waals surface area contributed by atoms with Crippen LogP contribution in [0.1, 0.15) is 49.4 Å². The van der Waals surface area contributed by atoms with Crippen molar-refractivity contribution in [1.29, 1.82) is 0 Å². The van der Waals surface area contributed by atoms with Crippen molar-refractivity contribution < 1.29 is 13.2 Å². The first kappa shape index (κ1) is 22.0. The van der Waals surface area contributed by atoms with Crippen LogP contribution in [0.4, 0.5) is 5.69 Å². The van der Waals surface area contributed by atoms with Gasteiger partial charge in [-0.2, -0.15) is 0 Å². The van der Waals surface area contributed by atoms with Crippen LogP contribution in [0.5, 0.6) is 0 Å². The monoisotopic (exact) mass is 402 g/mol. The molecule has 0 saturated carbocycles. The zero-order valence-electron chi connectivity index (χ0n) is 17.3. The minimum atomic E-state index is -3.62. The number of nitrogens with one attached hydrogen (secondary N) is 1. The van der Waals surface area contributed by atoms with Gasteiger partial charge in [-0.3, -0.25) is 9.10 Å². The highest BCUT2D eigenvalue weighted by molar-refractivity contribution is 7.92. The van der Waals surface area contributed by atoms with E-state index in [0.29, 0.717) is 12.1 Å². The van der Waals surface area contributed by atoms with E-state index in [4.69, 9.17) is 0 Å². The van der Waals surface area contributed by atoms with Gasteiger partial charge in [0.2, 0.25) is 15.9 Å². The molecule has 0 unspecified atom stereocenters. The normalized spacial score (nSPS) is 13.6. The summed E-state index contributed by atoms with van der Waals surface area (Å²) in [5.41, 5.74) is 3.83. The molecule has 0 saturated heterocycles. The number of anilines is 1. The molecular weight excluding hydrogens is 372 g/mol. The van der Waals surface area contributed by atoms with Gasteiger partial charge < -0.3 is 5.32 Å². The van der Waals surface area contributed by atoms with E-state index < -0.39 is 16.1 Å². The minimum absolute atomic E-state index is 0.167. The Kier molecular flexibility index (Phi) is 7.24. The third kappa shape index (κ3) is 5.13. The van der Waals surface area contributed by atoms with Crippen molar-refractivity contribution in [3.05, 3.63) is 65.2 Å². The van der Waals surface area contributed by atoms with Gasteiger partial charge in [0.15, 0.2) is 0 Å². The molecule has 6 heteroatoms. The molecule has 2 rings (SSSR count). The molecular formula is C22H30N2O3S.